The Labute approximate surface area is 147 Å². The van der Waals surface area contributed by atoms with Gasteiger partial charge in [0.05, 0.1) is 6.61 Å². The lowest BCUT2D eigenvalue weighted by molar-refractivity contribution is 0.213. The third-order valence-electron chi connectivity index (χ3n) is 4.05. The number of rotatable bonds is 5. The van der Waals surface area contributed by atoms with Crippen LogP contribution in [-0.4, -0.2) is 45.9 Å². The Kier molecular flexibility index (Phi) is 5.50. The predicted octanol–water partition coefficient (Wildman–Crippen LogP) is 2.90. The lowest BCUT2D eigenvalue weighted by Gasteiger charge is -2.33. The van der Waals surface area contributed by atoms with Gasteiger partial charge in [-0.05, 0) is 38.5 Å². The maximum absolute atomic E-state index is 5.77. The predicted molar refractivity (Wildman–Crippen MR) is 95.8 cm³/mol. The average molecular weight is 345 g/mol. The van der Waals surface area contributed by atoms with Crippen LogP contribution in [0.25, 0.3) is 0 Å². The second kappa shape index (κ2) is 7.79. The van der Waals surface area contributed by atoms with Crippen LogP contribution in [0.5, 0.6) is 6.01 Å². The van der Waals surface area contributed by atoms with Gasteiger partial charge in [-0.1, -0.05) is 11.8 Å². The Morgan fingerprint density at radius 1 is 1.25 bits per heavy atom. The van der Waals surface area contributed by atoms with Gasteiger partial charge in [0.25, 0.3) is 0 Å². The molecule has 0 radical (unpaired) electrons. The Bertz CT molecular complexity index is 679. The van der Waals surface area contributed by atoms with Gasteiger partial charge in [0, 0.05) is 43.2 Å². The molecule has 3 heterocycles. The van der Waals surface area contributed by atoms with Crippen LogP contribution in [0.4, 0.5) is 5.82 Å². The van der Waals surface area contributed by atoms with Crippen LogP contribution in [0.2, 0.25) is 0 Å². The number of aryl methyl sites for hydroxylation is 2. The van der Waals surface area contributed by atoms with E-state index in [0.29, 0.717) is 18.5 Å². The van der Waals surface area contributed by atoms with Gasteiger partial charge in [-0.15, -0.1) is 0 Å². The summed E-state index contributed by atoms with van der Waals surface area (Å²) >= 11 is 1.58. The number of hydrogen-bond acceptors (Lipinski definition) is 7. The second-order valence-corrected chi connectivity index (χ2v) is 6.94. The third kappa shape index (κ3) is 4.35. The highest BCUT2D eigenvalue weighted by molar-refractivity contribution is 7.98. The Balaban J connectivity index is 1.61. The highest BCUT2D eigenvalue weighted by Gasteiger charge is 2.22. The van der Waals surface area contributed by atoms with Gasteiger partial charge in [0.15, 0.2) is 5.16 Å². The summed E-state index contributed by atoms with van der Waals surface area (Å²) in [5.41, 5.74) is 2.05. The zero-order valence-electron chi connectivity index (χ0n) is 14.4. The topological polar surface area (TPSA) is 64.0 Å². The van der Waals surface area contributed by atoms with E-state index in [0.717, 1.165) is 48.2 Å². The number of ether oxygens (including phenoxy) is 1. The van der Waals surface area contributed by atoms with E-state index in [2.05, 4.69) is 30.9 Å². The molecule has 1 fully saturated rings. The zero-order chi connectivity index (χ0) is 16.9. The fraction of sp³-hybridized carbons (Fsp3) is 0.529. The molecule has 1 unspecified atom stereocenters. The summed E-state index contributed by atoms with van der Waals surface area (Å²) in [6, 6.07) is 2.52. The molecule has 0 aromatic carbocycles. The molecule has 1 aliphatic heterocycles. The van der Waals surface area contributed by atoms with Crippen LogP contribution in [0.15, 0.2) is 23.6 Å². The standard InChI is InChI=1S/C17H23N5OS/c1-12-8-18-16(19-9-12)23-11-14-5-4-6-22(10-14)15-7-13(2)20-17(21-15)24-3/h7-9,14H,4-6,10-11H2,1-3H3. The van der Waals surface area contributed by atoms with Gasteiger partial charge >= 0.3 is 6.01 Å². The van der Waals surface area contributed by atoms with Crippen LogP contribution in [0, 0.1) is 19.8 Å². The van der Waals surface area contributed by atoms with E-state index < -0.39 is 0 Å². The summed E-state index contributed by atoms with van der Waals surface area (Å²) in [6.45, 7) is 6.59. The van der Waals surface area contributed by atoms with Crippen molar-refractivity contribution in [2.75, 3.05) is 30.9 Å². The first kappa shape index (κ1) is 17.0. The van der Waals surface area contributed by atoms with E-state index in [-0.39, 0.29) is 0 Å². The monoisotopic (exact) mass is 345 g/mol. The van der Waals surface area contributed by atoms with Crippen LogP contribution < -0.4 is 9.64 Å². The van der Waals surface area contributed by atoms with Crippen LogP contribution in [0.1, 0.15) is 24.1 Å². The fourth-order valence-electron chi connectivity index (χ4n) is 2.84. The minimum absolute atomic E-state index is 0.455. The molecular formula is C17H23N5OS. The summed E-state index contributed by atoms with van der Waals surface area (Å²) < 4.78 is 5.77. The first-order valence-electron chi connectivity index (χ1n) is 8.20. The lowest BCUT2D eigenvalue weighted by atomic mass is 9.99. The molecular weight excluding hydrogens is 322 g/mol. The van der Waals surface area contributed by atoms with Crippen molar-refractivity contribution in [1.29, 1.82) is 0 Å². The molecule has 2 aromatic rings. The molecule has 24 heavy (non-hydrogen) atoms. The van der Waals surface area contributed by atoms with Crippen molar-refractivity contribution < 1.29 is 4.74 Å². The maximum Gasteiger partial charge on any atom is 0.316 e. The third-order valence-corrected chi connectivity index (χ3v) is 4.60. The van der Waals surface area contributed by atoms with Crippen molar-refractivity contribution in [3.63, 3.8) is 0 Å². The molecule has 0 spiro atoms. The van der Waals surface area contributed by atoms with Crippen molar-refractivity contribution in [3.8, 4) is 6.01 Å². The van der Waals surface area contributed by atoms with Gasteiger partial charge in [-0.25, -0.2) is 19.9 Å². The van der Waals surface area contributed by atoms with E-state index in [9.17, 15) is 0 Å². The quantitative estimate of drug-likeness (QED) is 0.610. The van der Waals surface area contributed by atoms with Crippen LogP contribution >= 0.6 is 11.8 Å². The Hall–Kier alpha value is -1.89. The molecule has 1 aliphatic rings. The molecule has 0 saturated carbocycles. The van der Waals surface area contributed by atoms with Crippen LogP contribution in [-0.2, 0) is 0 Å². The molecule has 128 valence electrons. The van der Waals surface area contributed by atoms with Gasteiger partial charge in [0.2, 0.25) is 0 Å². The number of anilines is 1. The summed E-state index contributed by atoms with van der Waals surface area (Å²) in [6.07, 6.45) is 7.86. The largest absolute Gasteiger partial charge is 0.463 e. The minimum Gasteiger partial charge on any atom is -0.463 e. The maximum atomic E-state index is 5.77. The highest BCUT2D eigenvalue weighted by Crippen LogP contribution is 2.24. The van der Waals surface area contributed by atoms with E-state index in [1.807, 2.05) is 20.1 Å². The summed E-state index contributed by atoms with van der Waals surface area (Å²) in [5, 5.41) is 0.830. The van der Waals surface area contributed by atoms with Crippen molar-refractivity contribution in [1.82, 2.24) is 19.9 Å². The molecule has 2 aromatic heterocycles. The van der Waals surface area contributed by atoms with Gasteiger partial charge in [0.1, 0.15) is 5.82 Å². The normalized spacial score (nSPS) is 17.8. The minimum atomic E-state index is 0.455. The molecule has 0 N–H and O–H groups in total. The van der Waals surface area contributed by atoms with E-state index in [4.69, 9.17) is 4.74 Å². The number of hydrogen-bond donors (Lipinski definition) is 0. The van der Waals surface area contributed by atoms with Gasteiger partial charge < -0.3 is 9.64 Å². The smallest absolute Gasteiger partial charge is 0.316 e. The summed E-state index contributed by atoms with van der Waals surface area (Å²) in [5.74, 6) is 1.47. The molecule has 0 aliphatic carbocycles. The summed E-state index contributed by atoms with van der Waals surface area (Å²) in [4.78, 5) is 19.8. The molecule has 0 amide bonds. The average Bonchev–Trinajstić information content (AvgIpc) is 2.61. The molecule has 3 rings (SSSR count). The number of piperidine rings is 1. The number of aromatic nitrogens is 4. The summed E-state index contributed by atoms with van der Waals surface area (Å²) in [7, 11) is 0. The van der Waals surface area contributed by atoms with Crippen molar-refractivity contribution in [2.45, 2.75) is 31.8 Å². The first-order chi connectivity index (χ1) is 11.6. The molecule has 1 atom stereocenters. The first-order valence-corrected chi connectivity index (χ1v) is 9.42. The molecule has 6 nitrogen and oxygen atoms in total. The van der Waals surface area contributed by atoms with E-state index in [1.165, 1.54) is 0 Å². The molecule has 1 saturated heterocycles. The van der Waals surface area contributed by atoms with Crippen molar-refractivity contribution in [2.24, 2.45) is 5.92 Å². The molecule has 7 heteroatoms. The highest BCUT2D eigenvalue weighted by atomic mass is 32.2. The van der Waals surface area contributed by atoms with E-state index in [1.54, 1.807) is 24.2 Å². The molecule has 0 bridgehead atoms. The lowest BCUT2D eigenvalue weighted by Crippen LogP contribution is -2.38. The van der Waals surface area contributed by atoms with E-state index >= 15 is 0 Å². The number of thioether (sulfide) groups is 1. The van der Waals surface area contributed by atoms with Crippen LogP contribution in [0.3, 0.4) is 0 Å². The second-order valence-electron chi connectivity index (χ2n) is 6.16. The fourth-order valence-corrected chi connectivity index (χ4v) is 3.26. The van der Waals surface area contributed by atoms with Crippen molar-refractivity contribution in [3.05, 3.63) is 29.7 Å². The number of nitrogens with zero attached hydrogens (tertiary/aromatic N) is 5. The SMILES string of the molecule is CSc1nc(C)cc(N2CCCC(COc3ncc(C)cn3)C2)n1. The Morgan fingerprint density at radius 3 is 2.79 bits per heavy atom. The van der Waals surface area contributed by atoms with Crippen molar-refractivity contribution >= 4 is 17.6 Å². The van der Waals surface area contributed by atoms with Gasteiger partial charge in [-0.2, -0.15) is 0 Å². The zero-order valence-corrected chi connectivity index (χ0v) is 15.2. The van der Waals surface area contributed by atoms with Gasteiger partial charge in [-0.3, -0.25) is 0 Å². The Morgan fingerprint density at radius 2 is 2.04 bits per heavy atom.